The summed E-state index contributed by atoms with van der Waals surface area (Å²) in [7, 11) is 0. The maximum Gasteiger partial charge on any atom is 0.333 e. The van der Waals surface area contributed by atoms with E-state index in [9.17, 15) is 4.79 Å². The number of hydrogen-bond acceptors (Lipinski definition) is 4. The Kier molecular flexibility index (Phi) is 13.6. The lowest BCUT2D eigenvalue weighted by Crippen LogP contribution is -2.28. The van der Waals surface area contributed by atoms with Crippen LogP contribution in [-0.2, 0) is 19.0 Å². The lowest BCUT2D eigenvalue weighted by atomic mass is 10.0. The zero-order valence-electron chi connectivity index (χ0n) is 17.3. The van der Waals surface area contributed by atoms with E-state index in [0.29, 0.717) is 6.61 Å². The maximum absolute atomic E-state index is 12.2. The molecule has 0 aromatic carbocycles. The van der Waals surface area contributed by atoms with Crippen molar-refractivity contribution in [3.63, 3.8) is 0 Å². The number of rotatable bonds is 14. The van der Waals surface area contributed by atoms with Gasteiger partial charge in [0.05, 0.1) is 12.7 Å². The normalized spacial score (nSPS) is 19.3. The first kappa shape index (κ1) is 23.2. The average molecular weight is 369 g/mol. The molecule has 0 amide bonds. The molecule has 0 N–H and O–H groups in total. The van der Waals surface area contributed by atoms with E-state index in [1.165, 1.54) is 32.1 Å². The van der Waals surface area contributed by atoms with Crippen LogP contribution in [0, 0.1) is 0 Å². The van der Waals surface area contributed by atoms with Crippen LogP contribution in [0.3, 0.4) is 0 Å². The molecule has 152 valence electrons. The van der Waals surface area contributed by atoms with Gasteiger partial charge in [0.2, 0.25) is 0 Å². The van der Waals surface area contributed by atoms with E-state index in [1.54, 1.807) is 0 Å². The summed E-state index contributed by atoms with van der Waals surface area (Å²) in [6.45, 7) is 7.44. The number of esters is 1. The number of unbranched alkanes of at least 4 members (excludes halogenated alkanes) is 5. The highest BCUT2D eigenvalue weighted by molar-refractivity contribution is 5.88. The molecule has 1 unspecified atom stereocenters. The summed E-state index contributed by atoms with van der Waals surface area (Å²) in [6, 6.07) is 0. The first-order valence-electron chi connectivity index (χ1n) is 10.8. The molecule has 1 aliphatic rings. The molecule has 26 heavy (non-hydrogen) atoms. The van der Waals surface area contributed by atoms with Crippen molar-refractivity contribution in [1.82, 2.24) is 0 Å². The van der Waals surface area contributed by atoms with Gasteiger partial charge in [0.1, 0.15) is 0 Å². The predicted molar refractivity (Wildman–Crippen MR) is 106 cm³/mol. The monoisotopic (exact) mass is 368 g/mol. The Hall–Kier alpha value is -0.870. The minimum absolute atomic E-state index is 0.0673. The third kappa shape index (κ3) is 10.3. The fourth-order valence-corrected chi connectivity index (χ4v) is 3.25. The first-order valence-corrected chi connectivity index (χ1v) is 10.8. The zero-order valence-corrected chi connectivity index (χ0v) is 17.3. The lowest BCUT2D eigenvalue weighted by molar-refractivity contribution is -0.189. The Morgan fingerprint density at radius 2 is 1.96 bits per heavy atom. The highest BCUT2D eigenvalue weighted by Gasteiger charge is 2.20. The maximum atomic E-state index is 12.2. The molecule has 1 fully saturated rings. The van der Waals surface area contributed by atoms with Gasteiger partial charge in [-0.15, -0.1) is 0 Å². The molecule has 0 radical (unpaired) electrons. The van der Waals surface area contributed by atoms with Crippen LogP contribution in [0.25, 0.3) is 0 Å². The van der Waals surface area contributed by atoms with E-state index in [4.69, 9.17) is 14.2 Å². The summed E-state index contributed by atoms with van der Waals surface area (Å²) in [5.74, 6) is -0.162. The van der Waals surface area contributed by atoms with Gasteiger partial charge >= 0.3 is 5.97 Å². The van der Waals surface area contributed by atoms with Crippen molar-refractivity contribution in [2.24, 2.45) is 0 Å². The second-order valence-electron chi connectivity index (χ2n) is 7.15. The zero-order chi connectivity index (χ0) is 19.0. The Bertz CT molecular complexity index is 386. The SMILES string of the molecule is CCCCCCCC=C(CCC(CC)O[C@@H]1CCCCO1)C(=O)OCC. The molecule has 4 nitrogen and oxygen atoms in total. The molecular formula is C22H40O4. The third-order valence-electron chi connectivity index (χ3n) is 4.91. The van der Waals surface area contributed by atoms with Crippen molar-refractivity contribution in [2.45, 2.75) is 110 Å². The number of ether oxygens (including phenoxy) is 3. The van der Waals surface area contributed by atoms with Crippen LogP contribution in [0.2, 0.25) is 0 Å². The van der Waals surface area contributed by atoms with Crippen LogP contribution in [0.1, 0.15) is 97.8 Å². The van der Waals surface area contributed by atoms with E-state index < -0.39 is 0 Å². The Morgan fingerprint density at radius 3 is 2.62 bits per heavy atom. The number of hydrogen-bond donors (Lipinski definition) is 0. The second-order valence-corrected chi connectivity index (χ2v) is 7.15. The van der Waals surface area contributed by atoms with E-state index in [0.717, 1.165) is 57.1 Å². The average Bonchev–Trinajstić information content (AvgIpc) is 2.66. The van der Waals surface area contributed by atoms with Crippen molar-refractivity contribution >= 4 is 5.97 Å². The van der Waals surface area contributed by atoms with Crippen LogP contribution in [0.4, 0.5) is 0 Å². The van der Waals surface area contributed by atoms with Gasteiger partial charge in [0.25, 0.3) is 0 Å². The Balaban J connectivity index is 2.44. The van der Waals surface area contributed by atoms with Crippen molar-refractivity contribution in [2.75, 3.05) is 13.2 Å². The largest absolute Gasteiger partial charge is 0.463 e. The molecule has 0 bridgehead atoms. The van der Waals surface area contributed by atoms with Gasteiger partial charge in [-0.3, -0.25) is 0 Å². The van der Waals surface area contributed by atoms with Gasteiger partial charge in [-0.2, -0.15) is 0 Å². The van der Waals surface area contributed by atoms with Crippen LogP contribution in [-0.4, -0.2) is 31.6 Å². The lowest BCUT2D eigenvalue weighted by Gasteiger charge is -2.27. The molecule has 0 aromatic heterocycles. The summed E-state index contributed by atoms with van der Waals surface area (Å²) in [5, 5.41) is 0. The van der Waals surface area contributed by atoms with Gasteiger partial charge in [-0.25, -0.2) is 4.79 Å². The molecule has 1 aliphatic heterocycles. The fourth-order valence-electron chi connectivity index (χ4n) is 3.25. The van der Waals surface area contributed by atoms with Crippen molar-refractivity contribution in [1.29, 1.82) is 0 Å². The molecule has 0 saturated carbocycles. The molecule has 0 spiro atoms. The molecule has 1 rings (SSSR count). The molecule has 0 aromatic rings. The summed E-state index contributed by atoms with van der Waals surface area (Å²) in [4.78, 5) is 12.2. The molecule has 1 heterocycles. The van der Waals surface area contributed by atoms with E-state index in [1.807, 2.05) is 6.92 Å². The highest BCUT2D eigenvalue weighted by Crippen LogP contribution is 2.21. The molecule has 0 aliphatic carbocycles. The van der Waals surface area contributed by atoms with E-state index in [2.05, 4.69) is 19.9 Å². The standard InChI is InChI=1S/C22H40O4/c1-4-7-8-9-10-11-14-19(22(23)24-6-3)16-17-20(5-2)26-21-15-12-13-18-25-21/h14,20-21H,4-13,15-18H2,1-3H3/t20?,21-/m1/s1. The summed E-state index contributed by atoms with van der Waals surface area (Å²) in [5.41, 5.74) is 0.814. The summed E-state index contributed by atoms with van der Waals surface area (Å²) in [6.07, 6.45) is 15.1. The van der Waals surface area contributed by atoms with Crippen LogP contribution >= 0.6 is 0 Å². The van der Waals surface area contributed by atoms with Gasteiger partial charge in [-0.05, 0) is 58.3 Å². The van der Waals surface area contributed by atoms with E-state index >= 15 is 0 Å². The summed E-state index contributed by atoms with van der Waals surface area (Å²) >= 11 is 0. The minimum atomic E-state index is -0.162. The van der Waals surface area contributed by atoms with Crippen molar-refractivity contribution in [3.8, 4) is 0 Å². The first-order chi connectivity index (χ1) is 12.7. The third-order valence-corrected chi connectivity index (χ3v) is 4.91. The molecule has 4 heteroatoms. The second kappa shape index (κ2) is 15.2. The van der Waals surface area contributed by atoms with Crippen LogP contribution < -0.4 is 0 Å². The van der Waals surface area contributed by atoms with Crippen LogP contribution in [0.5, 0.6) is 0 Å². The van der Waals surface area contributed by atoms with Gasteiger partial charge < -0.3 is 14.2 Å². The molecule has 1 saturated heterocycles. The van der Waals surface area contributed by atoms with Gasteiger partial charge in [0, 0.05) is 12.2 Å². The number of carbonyl (C=O) groups excluding carboxylic acids is 1. The summed E-state index contributed by atoms with van der Waals surface area (Å²) < 4.78 is 17.0. The highest BCUT2D eigenvalue weighted by atomic mass is 16.7. The number of allylic oxidation sites excluding steroid dienone is 1. The van der Waals surface area contributed by atoms with Gasteiger partial charge in [0.15, 0.2) is 6.29 Å². The minimum Gasteiger partial charge on any atom is -0.463 e. The Morgan fingerprint density at radius 1 is 1.15 bits per heavy atom. The van der Waals surface area contributed by atoms with Gasteiger partial charge in [-0.1, -0.05) is 45.6 Å². The smallest absolute Gasteiger partial charge is 0.333 e. The Labute approximate surface area is 160 Å². The molecule has 2 atom stereocenters. The fraction of sp³-hybridized carbons (Fsp3) is 0.864. The molecular weight excluding hydrogens is 328 g/mol. The topological polar surface area (TPSA) is 44.8 Å². The van der Waals surface area contributed by atoms with Crippen LogP contribution in [0.15, 0.2) is 11.6 Å². The quantitative estimate of drug-likeness (QED) is 0.216. The van der Waals surface area contributed by atoms with Crippen molar-refractivity contribution < 1.29 is 19.0 Å². The number of carbonyl (C=O) groups is 1. The predicted octanol–water partition coefficient (Wildman–Crippen LogP) is 5.94. The van der Waals surface area contributed by atoms with Crippen molar-refractivity contribution in [3.05, 3.63) is 11.6 Å². The van der Waals surface area contributed by atoms with E-state index in [-0.39, 0.29) is 18.4 Å².